The van der Waals surface area contributed by atoms with E-state index in [2.05, 4.69) is 15.9 Å². The molecule has 2 N–H and O–H groups in total. The van der Waals surface area contributed by atoms with Crippen LogP contribution in [0, 0.1) is 0 Å². The summed E-state index contributed by atoms with van der Waals surface area (Å²) in [4.78, 5) is 0. The Morgan fingerprint density at radius 3 is 2.94 bits per heavy atom. The van der Waals surface area contributed by atoms with Crippen LogP contribution in [0.3, 0.4) is 0 Å². The average Bonchev–Trinajstić information content (AvgIpc) is 2.68. The number of halogens is 1. The molecule has 0 bridgehead atoms. The molecule has 2 rings (SSSR count). The summed E-state index contributed by atoms with van der Waals surface area (Å²) in [5, 5.41) is 0.137. The molecule has 1 aliphatic rings. The van der Waals surface area contributed by atoms with Crippen LogP contribution in [0.5, 0.6) is 0 Å². The number of hydrogen-bond acceptors (Lipinski definition) is 3. The van der Waals surface area contributed by atoms with Crippen LogP contribution in [0.25, 0.3) is 0 Å². The second-order valence-electron chi connectivity index (χ2n) is 4.27. The predicted molar refractivity (Wildman–Crippen MR) is 74.2 cm³/mol. The summed E-state index contributed by atoms with van der Waals surface area (Å²) in [6.07, 6.45) is 0.969. The van der Waals surface area contributed by atoms with E-state index in [1.807, 2.05) is 25.1 Å². The highest BCUT2D eigenvalue weighted by molar-refractivity contribution is 9.10. The Hall–Kier alpha value is -0.390. The van der Waals surface area contributed by atoms with Gasteiger partial charge in [-0.05, 0) is 31.0 Å². The first kappa shape index (κ1) is 13.1. The van der Waals surface area contributed by atoms with Crippen molar-refractivity contribution in [2.45, 2.75) is 30.5 Å². The van der Waals surface area contributed by atoms with Gasteiger partial charge in [0.05, 0.1) is 17.1 Å². The number of benzene rings is 1. The van der Waals surface area contributed by atoms with E-state index < -0.39 is 10.8 Å². The second-order valence-corrected chi connectivity index (χ2v) is 6.84. The highest BCUT2D eigenvalue weighted by Crippen LogP contribution is 2.24. The highest BCUT2D eigenvalue weighted by Gasteiger charge is 2.29. The van der Waals surface area contributed by atoms with Crippen molar-refractivity contribution >= 4 is 32.4 Å². The molecule has 3 atom stereocenters. The second kappa shape index (κ2) is 5.50. The van der Waals surface area contributed by atoms with Gasteiger partial charge in [0.2, 0.25) is 0 Å². The normalized spacial score (nSPS) is 26.0. The molecule has 1 aliphatic heterocycles. The average molecular weight is 318 g/mol. The van der Waals surface area contributed by atoms with E-state index in [1.54, 1.807) is 0 Å². The quantitative estimate of drug-likeness (QED) is 0.871. The van der Waals surface area contributed by atoms with Gasteiger partial charge in [0, 0.05) is 27.6 Å². The van der Waals surface area contributed by atoms with Crippen molar-refractivity contribution in [2.24, 2.45) is 0 Å². The zero-order valence-electron chi connectivity index (χ0n) is 9.69. The minimum absolute atomic E-state index is 0.0903. The van der Waals surface area contributed by atoms with Gasteiger partial charge in [-0.2, -0.15) is 0 Å². The third-order valence-corrected chi connectivity index (χ3v) is 5.43. The molecular formula is C12H16BrNO2S. The van der Waals surface area contributed by atoms with E-state index in [9.17, 15) is 4.21 Å². The molecule has 0 aliphatic carbocycles. The van der Waals surface area contributed by atoms with Crippen LogP contribution in [-0.4, -0.2) is 22.2 Å². The number of rotatable bonds is 3. The van der Waals surface area contributed by atoms with Gasteiger partial charge in [-0.15, -0.1) is 0 Å². The first-order valence-electron chi connectivity index (χ1n) is 5.60. The van der Waals surface area contributed by atoms with Gasteiger partial charge < -0.3 is 10.5 Å². The van der Waals surface area contributed by atoms with Crippen molar-refractivity contribution < 1.29 is 8.95 Å². The highest BCUT2D eigenvalue weighted by atomic mass is 79.9. The summed E-state index contributed by atoms with van der Waals surface area (Å²) < 4.78 is 18.6. The molecule has 0 amide bonds. The Morgan fingerprint density at radius 1 is 1.59 bits per heavy atom. The van der Waals surface area contributed by atoms with Gasteiger partial charge in [-0.1, -0.05) is 22.0 Å². The van der Waals surface area contributed by atoms with Gasteiger partial charge in [0.15, 0.2) is 0 Å². The van der Waals surface area contributed by atoms with Crippen LogP contribution in [0.1, 0.15) is 18.9 Å². The van der Waals surface area contributed by atoms with Gasteiger partial charge in [0.1, 0.15) is 0 Å². The summed E-state index contributed by atoms with van der Waals surface area (Å²) in [6.45, 7) is 2.70. The molecule has 1 fully saturated rings. The fraction of sp³-hybridized carbons (Fsp3) is 0.500. The van der Waals surface area contributed by atoms with Gasteiger partial charge >= 0.3 is 0 Å². The fourth-order valence-electron chi connectivity index (χ4n) is 2.01. The maximum Gasteiger partial charge on any atom is 0.0691 e. The molecular weight excluding hydrogens is 302 g/mol. The summed E-state index contributed by atoms with van der Waals surface area (Å²) >= 11 is 3.36. The lowest BCUT2D eigenvalue weighted by atomic mass is 10.2. The molecule has 1 heterocycles. The van der Waals surface area contributed by atoms with Crippen molar-refractivity contribution in [1.29, 1.82) is 0 Å². The smallest absolute Gasteiger partial charge is 0.0691 e. The molecule has 0 spiro atoms. The van der Waals surface area contributed by atoms with E-state index in [-0.39, 0.29) is 11.4 Å². The van der Waals surface area contributed by atoms with E-state index in [1.165, 1.54) is 0 Å². The van der Waals surface area contributed by atoms with Crippen molar-refractivity contribution in [2.75, 3.05) is 12.3 Å². The Balaban J connectivity index is 2.07. The lowest BCUT2D eigenvalue weighted by Gasteiger charge is -2.14. The summed E-state index contributed by atoms with van der Waals surface area (Å²) in [5.41, 5.74) is 7.55. The summed E-state index contributed by atoms with van der Waals surface area (Å²) in [7, 11) is -0.914. The van der Waals surface area contributed by atoms with Crippen molar-refractivity contribution in [3.8, 4) is 0 Å². The maximum absolute atomic E-state index is 12.2. The third-order valence-electron chi connectivity index (χ3n) is 3.05. The zero-order chi connectivity index (χ0) is 12.4. The standard InChI is InChI=1S/C12H16BrNO2S/c1-8-12(4-5-16-8)17(15)7-9-2-3-10(13)6-11(9)14/h2-3,6,8,12H,4-5,7,14H2,1H3. The van der Waals surface area contributed by atoms with Crippen LogP contribution in [0.4, 0.5) is 5.69 Å². The van der Waals surface area contributed by atoms with Crippen molar-refractivity contribution in [3.05, 3.63) is 28.2 Å². The largest absolute Gasteiger partial charge is 0.398 e. The molecule has 3 nitrogen and oxygen atoms in total. The summed E-state index contributed by atoms with van der Waals surface area (Å²) in [6, 6.07) is 5.70. The van der Waals surface area contributed by atoms with Crippen molar-refractivity contribution in [1.82, 2.24) is 0 Å². The zero-order valence-corrected chi connectivity index (χ0v) is 12.1. The van der Waals surface area contributed by atoms with E-state index in [0.717, 1.165) is 16.5 Å². The molecule has 0 aromatic heterocycles. The van der Waals surface area contributed by atoms with E-state index >= 15 is 0 Å². The lowest BCUT2D eigenvalue weighted by Crippen LogP contribution is -2.24. The van der Waals surface area contributed by atoms with Crippen LogP contribution in [0.15, 0.2) is 22.7 Å². The number of nitrogens with two attached hydrogens (primary N) is 1. The van der Waals surface area contributed by atoms with Crippen LogP contribution in [0.2, 0.25) is 0 Å². The van der Waals surface area contributed by atoms with Gasteiger partial charge in [-0.25, -0.2) is 0 Å². The lowest BCUT2D eigenvalue weighted by molar-refractivity contribution is 0.127. The minimum atomic E-state index is -0.914. The van der Waals surface area contributed by atoms with Crippen molar-refractivity contribution in [3.63, 3.8) is 0 Å². The van der Waals surface area contributed by atoms with Gasteiger partial charge in [0.25, 0.3) is 0 Å². The van der Waals surface area contributed by atoms with Gasteiger partial charge in [-0.3, -0.25) is 4.21 Å². The molecule has 94 valence electrons. The summed E-state index contributed by atoms with van der Waals surface area (Å²) in [5.74, 6) is 0.511. The van der Waals surface area contributed by atoms with E-state index in [4.69, 9.17) is 10.5 Å². The minimum Gasteiger partial charge on any atom is -0.398 e. The Bertz CT molecular complexity index is 439. The third kappa shape index (κ3) is 3.09. The first-order valence-corrected chi connectivity index (χ1v) is 7.78. The maximum atomic E-state index is 12.2. The number of hydrogen-bond donors (Lipinski definition) is 1. The monoisotopic (exact) mass is 317 g/mol. The number of anilines is 1. The SMILES string of the molecule is CC1OCCC1S(=O)Cc1ccc(Br)cc1N. The molecule has 0 saturated carbocycles. The van der Waals surface area contributed by atoms with Crippen LogP contribution >= 0.6 is 15.9 Å². The predicted octanol–water partition coefficient (Wildman–Crippen LogP) is 2.46. The molecule has 5 heteroatoms. The molecule has 17 heavy (non-hydrogen) atoms. The van der Waals surface area contributed by atoms with Crippen LogP contribution in [-0.2, 0) is 21.3 Å². The van der Waals surface area contributed by atoms with Crippen LogP contribution < -0.4 is 5.73 Å². The number of nitrogen functional groups attached to an aromatic ring is 1. The Morgan fingerprint density at radius 2 is 2.35 bits per heavy atom. The number of ether oxygens (including phenoxy) is 1. The molecule has 3 unspecified atom stereocenters. The Kier molecular flexibility index (Phi) is 4.22. The molecule has 1 aromatic carbocycles. The molecule has 1 saturated heterocycles. The fourth-order valence-corrected chi connectivity index (χ4v) is 4.04. The van der Waals surface area contributed by atoms with E-state index in [0.29, 0.717) is 18.0 Å². The topological polar surface area (TPSA) is 52.3 Å². The molecule has 1 aromatic rings. The Labute approximate surface area is 112 Å². The molecule has 0 radical (unpaired) electrons. The first-order chi connectivity index (χ1) is 8.08.